The van der Waals surface area contributed by atoms with Crippen molar-refractivity contribution in [1.29, 1.82) is 0 Å². The number of benzene rings is 1. The van der Waals surface area contributed by atoms with Crippen molar-refractivity contribution in [1.82, 2.24) is 9.80 Å². The maximum absolute atomic E-state index is 12.7. The molecule has 178 valence electrons. The van der Waals surface area contributed by atoms with Gasteiger partial charge in [-0.15, -0.1) is 0 Å². The lowest BCUT2D eigenvalue weighted by atomic mass is 9.98. The Bertz CT molecular complexity index is 820. The molecule has 0 radical (unpaired) electrons. The van der Waals surface area contributed by atoms with Gasteiger partial charge in [0.05, 0.1) is 23.8 Å². The molecule has 2 fully saturated rings. The number of carbonyl (C=O) groups is 1. The molecule has 2 atom stereocenters. The fraction of sp³-hybridized carbons (Fsp3) is 0.696. The van der Waals surface area contributed by atoms with Crippen LogP contribution in [0.25, 0.3) is 0 Å². The van der Waals surface area contributed by atoms with E-state index in [-0.39, 0.29) is 23.9 Å². The van der Waals surface area contributed by atoms with E-state index in [9.17, 15) is 14.9 Å². The van der Waals surface area contributed by atoms with Gasteiger partial charge in [-0.05, 0) is 53.5 Å². The molecule has 2 saturated heterocycles. The van der Waals surface area contributed by atoms with Crippen molar-refractivity contribution in [3.8, 4) is 5.75 Å². The van der Waals surface area contributed by atoms with E-state index in [4.69, 9.17) is 9.47 Å². The van der Waals surface area contributed by atoms with Crippen molar-refractivity contribution in [3.05, 3.63) is 28.3 Å². The van der Waals surface area contributed by atoms with Gasteiger partial charge in [0.2, 0.25) is 0 Å². The molecule has 2 aliphatic rings. The van der Waals surface area contributed by atoms with E-state index in [0.29, 0.717) is 11.8 Å². The van der Waals surface area contributed by atoms with Gasteiger partial charge in [-0.3, -0.25) is 15.0 Å². The molecule has 3 rings (SSSR count). The first-order valence-corrected chi connectivity index (χ1v) is 11.3. The van der Waals surface area contributed by atoms with Crippen molar-refractivity contribution < 1.29 is 19.2 Å². The molecule has 1 aromatic rings. The minimum absolute atomic E-state index is 0.0336. The summed E-state index contributed by atoms with van der Waals surface area (Å²) in [5, 5.41) is 11.1. The monoisotopic (exact) mass is 448 g/mol. The van der Waals surface area contributed by atoms with Gasteiger partial charge in [-0.25, -0.2) is 4.79 Å². The van der Waals surface area contributed by atoms with Gasteiger partial charge in [0.25, 0.3) is 5.69 Å². The van der Waals surface area contributed by atoms with Crippen molar-refractivity contribution in [2.45, 2.75) is 71.2 Å². The summed E-state index contributed by atoms with van der Waals surface area (Å²) in [4.78, 5) is 29.9. The average Bonchev–Trinajstić information content (AvgIpc) is 2.71. The van der Waals surface area contributed by atoms with E-state index >= 15 is 0 Å². The largest absolute Gasteiger partial charge is 0.494 e. The van der Waals surface area contributed by atoms with Crippen LogP contribution in [0.5, 0.6) is 5.75 Å². The van der Waals surface area contributed by atoms with Crippen molar-refractivity contribution in [2.24, 2.45) is 0 Å². The Hall–Kier alpha value is -2.55. The third-order valence-electron chi connectivity index (χ3n) is 6.25. The second-order valence-corrected chi connectivity index (χ2v) is 9.87. The first-order chi connectivity index (χ1) is 15.0. The Kier molecular flexibility index (Phi) is 7.17. The quantitative estimate of drug-likeness (QED) is 0.510. The number of amides is 1. The highest BCUT2D eigenvalue weighted by Crippen LogP contribution is 2.34. The number of carbonyl (C=O) groups excluding carboxylic acids is 1. The SMILES string of the molecule is COc1cc([N+](=O)[O-])ccc1N1CCC(N2C[C@@H](C)N(C(=O)OC(C)(C)C)[C@@H](C)C2)CC1. The summed E-state index contributed by atoms with van der Waals surface area (Å²) >= 11 is 0. The number of nitro groups is 1. The molecule has 32 heavy (non-hydrogen) atoms. The molecule has 1 aromatic carbocycles. The van der Waals surface area contributed by atoms with Crippen LogP contribution in [0.2, 0.25) is 0 Å². The number of nitrogens with zero attached hydrogens (tertiary/aromatic N) is 4. The smallest absolute Gasteiger partial charge is 0.410 e. The zero-order valence-corrected chi connectivity index (χ0v) is 20.0. The summed E-state index contributed by atoms with van der Waals surface area (Å²) in [5.41, 5.74) is 0.429. The van der Waals surface area contributed by atoms with Crippen LogP contribution in [0.1, 0.15) is 47.5 Å². The number of ether oxygens (including phenoxy) is 2. The number of nitro benzene ring substituents is 1. The highest BCUT2D eigenvalue weighted by molar-refractivity contribution is 5.69. The summed E-state index contributed by atoms with van der Waals surface area (Å²) in [7, 11) is 1.54. The number of anilines is 1. The average molecular weight is 449 g/mol. The normalized spacial score (nSPS) is 23.2. The molecule has 0 unspecified atom stereocenters. The lowest BCUT2D eigenvalue weighted by molar-refractivity contribution is -0.384. The lowest BCUT2D eigenvalue weighted by Crippen LogP contribution is -2.62. The van der Waals surface area contributed by atoms with Gasteiger partial charge in [-0.2, -0.15) is 0 Å². The Balaban J connectivity index is 1.60. The van der Waals surface area contributed by atoms with Gasteiger partial charge in [-0.1, -0.05) is 0 Å². The number of hydrogen-bond acceptors (Lipinski definition) is 7. The molecule has 9 nitrogen and oxygen atoms in total. The zero-order valence-electron chi connectivity index (χ0n) is 20.0. The number of hydrogen-bond donors (Lipinski definition) is 0. The van der Waals surface area contributed by atoms with E-state index < -0.39 is 10.5 Å². The Labute approximate surface area is 190 Å². The van der Waals surface area contributed by atoms with E-state index in [0.717, 1.165) is 44.7 Å². The van der Waals surface area contributed by atoms with E-state index in [1.165, 1.54) is 12.1 Å². The Morgan fingerprint density at radius 3 is 2.22 bits per heavy atom. The molecular formula is C23H36N4O5. The van der Waals surface area contributed by atoms with Crippen LogP contribution in [0.3, 0.4) is 0 Å². The first-order valence-electron chi connectivity index (χ1n) is 11.3. The predicted molar refractivity (Wildman–Crippen MR) is 123 cm³/mol. The zero-order chi connectivity index (χ0) is 23.6. The van der Waals surface area contributed by atoms with Crippen LogP contribution in [0, 0.1) is 10.1 Å². The highest BCUT2D eigenvalue weighted by atomic mass is 16.6. The molecule has 0 saturated carbocycles. The summed E-state index contributed by atoms with van der Waals surface area (Å²) in [5.74, 6) is 0.533. The van der Waals surface area contributed by atoms with Crippen LogP contribution in [0.4, 0.5) is 16.2 Å². The summed E-state index contributed by atoms with van der Waals surface area (Å²) in [6.45, 7) is 13.2. The van der Waals surface area contributed by atoms with Gasteiger partial charge in [0, 0.05) is 50.4 Å². The minimum atomic E-state index is -0.501. The first kappa shape index (κ1) is 24.1. The third kappa shape index (κ3) is 5.43. The number of piperazine rings is 1. The number of rotatable bonds is 4. The number of piperidine rings is 1. The molecule has 0 spiro atoms. The van der Waals surface area contributed by atoms with Gasteiger partial charge < -0.3 is 19.3 Å². The highest BCUT2D eigenvalue weighted by Gasteiger charge is 2.38. The van der Waals surface area contributed by atoms with Crippen LogP contribution < -0.4 is 9.64 Å². The molecule has 2 heterocycles. The van der Waals surface area contributed by atoms with Gasteiger partial charge in [0.15, 0.2) is 0 Å². The second-order valence-electron chi connectivity index (χ2n) is 9.87. The summed E-state index contributed by atoms with van der Waals surface area (Å²) in [6, 6.07) is 5.41. The fourth-order valence-electron chi connectivity index (χ4n) is 4.85. The molecule has 0 bridgehead atoms. The van der Waals surface area contributed by atoms with Gasteiger partial charge in [0.1, 0.15) is 11.4 Å². The molecular weight excluding hydrogens is 412 g/mol. The summed E-state index contributed by atoms with van der Waals surface area (Å²) < 4.78 is 11.0. The van der Waals surface area contributed by atoms with Crippen LogP contribution in [-0.2, 0) is 4.74 Å². The Morgan fingerprint density at radius 2 is 1.72 bits per heavy atom. The van der Waals surface area contributed by atoms with E-state index in [1.54, 1.807) is 13.2 Å². The third-order valence-corrected chi connectivity index (χ3v) is 6.25. The molecule has 0 N–H and O–H groups in total. The lowest BCUT2D eigenvalue weighted by Gasteiger charge is -2.48. The molecule has 0 aromatic heterocycles. The van der Waals surface area contributed by atoms with Crippen LogP contribution in [0.15, 0.2) is 18.2 Å². The molecule has 0 aliphatic carbocycles. The van der Waals surface area contributed by atoms with Crippen LogP contribution in [-0.4, -0.2) is 77.8 Å². The summed E-state index contributed by atoms with van der Waals surface area (Å²) in [6.07, 6.45) is 1.75. The van der Waals surface area contributed by atoms with Crippen molar-refractivity contribution in [3.63, 3.8) is 0 Å². The van der Waals surface area contributed by atoms with E-state index in [2.05, 4.69) is 23.6 Å². The van der Waals surface area contributed by atoms with Crippen LogP contribution >= 0.6 is 0 Å². The molecule has 1 amide bonds. The predicted octanol–water partition coefficient (Wildman–Crippen LogP) is 3.90. The maximum Gasteiger partial charge on any atom is 0.410 e. The second kappa shape index (κ2) is 9.52. The molecule has 2 aliphatic heterocycles. The van der Waals surface area contributed by atoms with Gasteiger partial charge >= 0.3 is 6.09 Å². The fourth-order valence-corrected chi connectivity index (χ4v) is 4.85. The van der Waals surface area contributed by atoms with E-state index in [1.807, 2.05) is 25.7 Å². The minimum Gasteiger partial charge on any atom is -0.494 e. The van der Waals surface area contributed by atoms with Crippen molar-refractivity contribution in [2.75, 3.05) is 38.2 Å². The molecule has 9 heteroatoms. The standard InChI is InChI=1S/C23H36N4O5/c1-16-14-25(15-17(2)26(16)22(28)32-23(3,4)5)18-9-11-24(12-10-18)20-8-7-19(27(29)30)13-21(20)31-6/h7-8,13,16-18H,9-12,14-15H2,1-6H3/t16-,17+. The Morgan fingerprint density at radius 1 is 1.12 bits per heavy atom. The maximum atomic E-state index is 12.7. The number of non-ortho nitro benzene ring substituents is 1. The number of methoxy groups -OCH3 is 1. The topological polar surface area (TPSA) is 88.4 Å². The van der Waals surface area contributed by atoms with Crippen molar-refractivity contribution >= 4 is 17.5 Å².